The number of nitrogens with one attached hydrogen (secondary N) is 2. The molecule has 2 aromatic rings. The highest BCUT2D eigenvalue weighted by molar-refractivity contribution is 5.89. The number of fused-ring (bicyclic) bond motifs is 1. The van der Waals surface area contributed by atoms with Crippen molar-refractivity contribution in [1.82, 2.24) is 20.4 Å². The van der Waals surface area contributed by atoms with Gasteiger partial charge in [-0.25, -0.2) is 4.79 Å². The first kappa shape index (κ1) is 31.2. The number of amides is 3. The molecule has 0 unspecified atom stereocenters. The molecule has 3 amide bonds. The van der Waals surface area contributed by atoms with Gasteiger partial charge in [-0.2, -0.15) is 0 Å². The van der Waals surface area contributed by atoms with E-state index >= 15 is 0 Å². The standard InChI is InChI=1S/C33H44N4O5/c1-24(28-15-8-13-25-10-6-7-14-29(25)28)36-20-17-27(18-21-36)37(33(41)26-11-4-3-5-12-26)23-31(39)35-22-30(38)34-19-9-16-32(40)42-2/h6-10,13-16,24,26-27H,3-5,11-12,17-23H2,1-2H3,(H,34,38)(H,35,39)/b16-9+/t24-/m1/s1. The highest BCUT2D eigenvalue weighted by Crippen LogP contribution is 2.32. The van der Waals surface area contributed by atoms with Crippen LogP contribution in [0.1, 0.15) is 63.5 Å². The van der Waals surface area contributed by atoms with Crippen molar-refractivity contribution in [1.29, 1.82) is 0 Å². The van der Waals surface area contributed by atoms with Crippen LogP contribution in [0.3, 0.4) is 0 Å². The molecule has 42 heavy (non-hydrogen) atoms. The maximum atomic E-state index is 13.7. The lowest BCUT2D eigenvalue weighted by atomic mass is 9.87. The summed E-state index contributed by atoms with van der Waals surface area (Å²) in [4.78, 5) is 54.2. The van der Waals surface area contributed by atoms with Crippen molar-refractivity contribution in [2.75, 3.05) is 39.8 Å². The maximum absolute atomic E-state index is 13.7. The lowest BCUT2D eigenvalue weighted by molar-refractivity contribution is -0.144. The van der Waals surface area contributed by atoms with E-state index < -0.39 is 5.97 Å². The number of methoxy groups -OCH3 is 1. The van der Waals surface area contributed by atoms with Gasteiger partial charge in [-0.3, -0.25) is 19.3 Å². The van der Waals surface area contributed by atoms with E-state index in [0.29, 0.717) is 0 Å². The minimum absolute atomic E-state index is 0.0153. The van der Waals surface area contributed by atoms with Crippen molar-refractivity contribution < 1.29 is 23.9 Å². The maximum Gasteiger partial charge on any atom is 0.330 e. The molecule has 2 aromatic carbocycles. The van der Waals surface area contributed by atoms with Gasteiger partial charge in [-0.15, -0.1) is 0 Å². The van der Waals surface area contributed by atoms with Crippen molar-refractivity contribution in [3.05, 3.63) is 60.2 Å². The zero-order chi connectivity index (χ0) is 29.9. The monoisotopic (exact) mass is 576 g/mol. The first-order valence-electron chi connectivity index (χ1n) is 15.2. The van der Waals surface area contributed by atoms with Crippen LogP contribution >= 0.6 is 0 Å². The van der Waals surface area contributed by atoms with Crippen LogP contribution in [0.2, 0.25) is 0 Å². The summed E-state index contributed by atoms with van der Waals surface area (Å²) in [6.45, 7) is 3.83. The number of rotatable bonds is 11. The highest BCUT2D eigenvalue weighted by atomic mass is 16.5. The van der Waals surface area contributed by atoms with Crippen LogP contribution in [-0.4, -0.2) is 79.4 Å². The number of hydrogen-bond donors (Lipinski definition) is 2. The number of likely N-dealkylation sites (tertiary alicyclic amines) is 1. The lowest BCUT2D eigenvalue weighted by Crippen LogP contribution is -2.53. The van der Waals surface area contributed by atoms with Gasteiger partial charge in [0.25, 0.3) is 0 Å². The van der Waals surface area contributed by atoms with Gasteiger partial charge in [-0.05, 0) is 48.9 Å². The molecule has 226 valence electrons. The van der Waals surface area contributed by atoms with Gasteiger partial charge in [0, 0.05) is 43.7 Å². The molecule has 1 aliphatic heterocycles. The molecule has 0 spiro atoms. The second-order valence-corrected chi connectivity index (χ2v) is 11.3. The first-order valence-corrected chi connectivity index (χ1v) is 15.2. The summed E-state index contributed by atoms with van der Waals surface area (Å²) in [6, 6.07) is 15.1. The number of carbonyl (C=O) groups excluding carboxylic acids is 4. The number of piperidine rings is 1. The summed E-state index contributed by atoms with van der Waals surface area (Å²) in [7, 11) is 1.28. The Morgan fingerprint density at radius 2 is 1.67 bits per heavy atom. The normalized spacial score (nSPS) is 17.6. The van der Waals surface area contributed by atoms with Crippen molar-refractivity contribution in [2.24, 2.45) is 5.92 Å². The number of carbonyl (C=O) groups is 4. The Balaban J connectivity index is 1.35. The molecule has 9 nitrogen and oxygen atoms in total. The molecule has 1 heterocycles. The highest BCUT2D eigenvalue weighted by Gasteiger charge is 2.34. The molecule has 0 aromatic heterocycles. The Kier molecular flexibility index (Phi) is 11.5. The van der Waals surface area contributed by atoms with E-state index in [4.69, 9.17) is 0 Å². The van der Waals surface area contributed by atoms with Crippen LogP contribution in [0, 0.1) is 5.92 Å². The number of esters is 1. The third-order valence-electron chi connectivity index (χ3n) is 8.63. The van der Waals surface area contributed by atoms with Gasteiger partial charge in [-0.1, -0.05) is 67.8 Å². The van der Waals surface area contributed by atoms with Gasteiger partial charge >= 0.3 is 5.97 Å². The summed E-state index contributed by atoms with van der Waals surface area (Å²) in [5.74, 6) is -1.19. The average Bonchev–Trinajstić information content (AvgIpc) is 3.04. The van der Waals surface area contributed by atoms with Crippen LogP contribution in [-0.2, 0) is 23.9 Å². The first-order chi connectivity index (χ1) is 20.4. The predicted octanol–water partition coefficient (Wildman–Crippen LogP) is 3.74. The molecular weight excluding hydrogens is 532 g/mol. The Morgan fingerprint density at radius 3 is 2.40 bits per heavy atom. The summed E-state index contributed by atoms with van der Waals surface area (Å²) in [5.41, 5.74) is 1.31. The summed E-state index contributed by atoms with van der Waals surface area (Å²) in [5, 5.41) is 7.78. The Morgan fingerprint density at radius 1 is 0.952 bits per heavy atom. The number of benzene rings is 2. The van der Waals surface area contributed by atoms with E-state index in [1.807, 2.05) is 0 Å². The molecule has 0 bridgehead atoms. The molecule has 4 rings (SSSR count). The van der Waals surface area contributed by atoms with E-state index in [0.717, 1.165) is 58.0 Å². The van der Waals surface area contributed by atoms with Crippen molar-refractivity contribution in [3.8, 4) is 0 Å². The summed E-state index contributed by atoms with van der Waals surface area (Å²) in [6.07, 6.45) is 9.28. The van der Waals surface area contributed by atoms with E-state index in [1.165, 1.54) is 35.6 Å². The van der Waals surface area contributed by atoms with Crippen molar-refractivity contribution in [2.45, 2.75) is 64.0 Å². The van der Waals surface area contributed by atoms with E-state index in [-0.39, 0.29) is 55.4 Å². The Bertz CT molecular complexity index is 1260. The zero-order valence-corrected chi connectivity index (χ0v) is 24.8. The van der Waals surface area contributed by atoms with E-state index in [2.05, 4.69) is 69.7 Å². The Labute approximate surface area is 248 Å². The summed E-state index contributed by atoms with van der Waals surface area (Å²) < 4.78 is 4.51. The zero-order valence-electron chi connectivity index (χ0n) is 24.8. The van der Waals surface area contributed by atoms with Crippen LogP contribution < -0.4 is 10.6 Å². The fourth-order valence-electron chi connectivity index (χ4n) is 6.22. The molecule has 1 aliphatic carbocycles. The van der Waals surface area contributed by atoms with Gasteiger partial charge in [0.05, 0.1) is 20.2 Å². The lowest BCUT2D eigenvalue weighted by Gasteiger charge is -2.42. The molecule has 2 fully saturated rings. The van der Waals surface area contributed by atoms with Crippen LogP contribution in [0.15, 0.2) is 54.6 Å². The molecule has 2 N–H and O–H groups in total. The topological polar surface area (TPSA) is 108 Å². The SMILES string of the molecule is COC(=O)/C=C/CNC(=O)CNC(=O)CN(C(=O)C1CCCCC1)C1CCN([C@H](C)c2cccc3ccccc23)CC1. The fourth-order valence-corrected chi connectivity index (χ4v) is 6.22. The second-order valence-electron chi connectivity index (χ2n) is 11.3. The van der Waals surface area contributed by atoms with E-state index in [1.54, 1.807) is 4.90 Å². The van der Waals surface area contributed by atoms with Gasteiger partial charge in [0.1, 0.15) is 0 Å². The third kappa shape index (κ3) is 8.41. The molecule has 9 heteroatoms. The number of nitrogens with zero attached hydrogens (tertiary/aromatic N) is 2. The van der Waals surface area contributed by atoms with Crippen molar-refractivity contribution >= 4 is 34.5 Å². The van der Waals surface area contributed by atoms with Gasteiger partial charge < -0.3 is 20.3 Å². The molecule has 1 saturated heterocycles. The fraction of sp³-hybridized carbons (Fsp3) is 0.515. The smallest absolute Gasteiger partial charge is 0.330 e. The molecule has 2 aliphatic rings. The molecule has 0 radical (unpaired) electrons. The van der Waals surface area contributed by atoms with Crippen LogP contribution in [0.25, 0.3) is 10.8 Å². The second kappa shape index (κ2) is 15.5. The Hall–Kier alpha value is -3.72. The predicted molar refractivity (Wildman–Crippen MR) is 162 cm³/mol. The average molecular weight is 577 g/mol. The molecule has 1 atom stereocenters. The third-order valence-corrected chi connectivity index (χ3v) is 8.63. The van der Waals surface area contributed by atoms with Crippen LogP contribution in [0.5, 0.6) is 0 Å². The largest absolute Gasteiger partial charge is 0.466 e. The van der Waals surface area contributed by atoms with E-state index in [9.17, 15) is 19.2 Å². The molecule has 1 saturated carbocycles. The van der Waals surface area contributed by atoms with Gasteiger partial charge in [0.2, 0.25) is 17.7 Å². The summed E-state index contributed by atoms with van der Waals surface area (Å²) >= 11 is 0. The minimum Gasteiger partial charge on any atom is -0.466 e. The quantitative estimate of drug-likeness (QED) is 0.312. The number of ether oxygens (including phenoxy) is 1. The molecular formula is C33H44N4O5. The minimum atomic E-state index is -0.505. The van der Waals surface area contributed by atoms with Gasteiger partial charge in [0.15, 0.2) is 0 Å². The van der Waals surface area contributed by atoms with Crippen molar-refractivity contribution in [3.63, 3.8) is 0 Å². The van der Waals surface area contributed by atoms with Crippen LogP contribution in [0.4, 0.5) is 0 Å². The number of hydrogen-bond acceptors (Lipinski definition) is 6.